The summed E-state index contributed by atoms with van der Waals surface area (Å²) in [6.07, 6.45) is 1.59. The minimum Gasteiger partial charge on any atom is -0.508 e. The Bertz CT molecular complexity index is 420. The van der Waals surface area contributed by atoms with Crippen LogP contribution in [0.15, 0.2) is 24.3 Å². The predicted molar refractivity (Wildman–Crippen MR) is 71.3 cm³/mol. The van der Waals surface area contributed by atoms with Crippen LogP contribution in [0, 0.1) is 11.8 Å². The third-order valence-corrected chi connectivity index (χ3v) is 3.49. The Balaban J connectivity index is 1.99. The molecule has 1 heterocycles. The van der Waals surface area contributed by atoms with Crippen molar-refractivity contribution in [2.75, 3.05) is 13.1 Å². The zero-order valence-corrected chi connectivity index (χ0v) is 11.1. The summed E-state index contributed by atoms with van der Waals surface area (Å²) in [7, 11) is 0. The van der Waals surface area contributed by atoms with Gasteiger partial charge in [-0.1, -0.05) is 26.0 Å². The number of carbonyl (C=O) groups excluding carboxylic acids is 1. The van der Waals surface area contributed by atoms with Crippen molar-refractivity contribution in [2.24, 2.45) is 11.8 Å². The number of nitrogens with zero attached hydrogens (tertiary/aromatic N) is 1. The van der Waals surface area contributed by atoms with E-state index in [1.54, 1.807) is 18.2 Å². The molecule has 1 fully saturated rings. The maximum absolute atomic E-state index is 12.2. The number of amides is 1. The summed E-state index contributed by atoms with van der Waals surface area (Å²) in [6.45, 7) is 6.12. The van der Waals surface area contributed by atoms with Gasteiger partial charge in [-0.25, -0.2) is 0 Å². The van der Waals surface area contributed by atoms with Crippen molar-refractivity contribution in [3.8, 4) is 5.75 Å². The lowest BCUT2D eigenvalue weighted by Gasteiger charge is -2.35. The lowest BCUT2D eigenvalue weighted by molar-refractivity contribution is -0.133. The number of piperidine rings is 1. The Labute approximate surface area is 108 Å². The highest BCUT2D eigenvalue weighted by Crippen LogP contribution is 2.22. The zero-order valence-electron chi connectivity index (χ0n) is 11.1. The SMILES string of the molecule is CC1CC(C)CN(C(=O)Cc2cccc(O)c2)C1. The smallest absolute Gasteiger partial charge is 0.227 e. The molecule has 0 aliphatic carbocycles. The van der Waals surface area contributed by atoms with Crippen molar-refractivity contribution < 1.29 is 9.90 Å². The molecular formula is C15H21NO2. The van der Waals surface area contributed by atoms with E-state index in [1.165, 1.54) is 6.42 Å². The Morgan fingerprint density at radius 1 is 1.33 bits per heavy atom. The van der Waals surface area contributed by atoms with Gasteiger partial charge in [-0.3, -0.25) is 4.79 Å². The fraction of sp³-hybridized carbons (Fsp3) is 0.533. The van der Waals surface area contributed by atoms with Gasteiger partial charge in [0.25, 0.3) is 0 Å². The van der Waals surface area contributed by atoms with E-state index in [0.717, 1.165) is 18.7 Å². The lowest BCUT2D eigenvalue weighted by Crippen LogP contribution is -2.43. The molecule has 1 saturated heterocycles. The minimum absolute atomic E-state index is 0.166. The van der Waals surface area contributed by atoms with E-state index >= 15 is 0 Å². The van der Waals surface area contributed by atoms with Gasteiger partial charge in [0.05, 0.1) is 6.42 Å². The van der Waals surface area contributed by atoms with Crippen LogP contribution in [0.1, 0.15) is 25.8 Å². The monoisotopic (exact) mass is 247 g/mol. The van der Waals surface area contributed by atoms with E-state index in [4.69, 9.17) is 0 Å². The Hall–Kier alpha value is -1.51. The maximum Gasteiger partial charge on any atom is 0.227 e. The number of aromatic hydroxyl groups is 1. The second-order valence-corrected chi connectivity index (χ2v) is 5.59. The molecule has 18 heavy (non-hydrogen) atoms. The van der Waals surface area contributed by atoms with Crippen LogP contribution in [0.25, 0.3) is 0 Å². The summed E-state index contributed by atoms with van der Waals surface area (Å²) in [5.41, 5.74) is 0.880. The van der Waals surface area contributed by atoms with Gasteiger partial charge in [0.2, 0.25) is 5.91 Å². The second kappa shape index (κ2) is 5.42. The highest BCUT2D eigenvalue weighted by molar-refractivity contribution is 5.79. The van der Waals surface area contributed by atoms with Gasteiger partial charge >= 0.3 is 0 Å². The number of phenolic OH excluding ortho intramolecular Hbond substituents is 1. The molecule has 1 aliphatic rings. The van der Waals surface area contributed by atoms with E-state index in [0.29, 0.717) is 18.3 Å². The first-order chi connectivity index (χ1) is 8.54. The van der Waals surface area contributed by atoms with Gasteiger partial charge in [0.1, 0.15) is 5.75 Å². The Morgan fingerprint density at radius 2 is 2.00 bits per heavy atom. The van der Waals surface area contributed by atoms with Crippen molar-refractivity contribution in [1.82, 2.24) is 4.90 Å². The molecule has 0 bridgehead atoms. The molecule has 2 unspecified atom stereocenters. The van der Waals surface area contributed by atoms with Crippen molar-refractivity contribution in [2.45, 2.75) is 26.7 Å². The highest BCUT2D eigenvalue weighted by Gasteiger charge is 2.25. The van der Waals surface area contributed by atoms with E-state index in [9.17, 15) is 9.90 Å². The molecule has 1 N–H and O–H groups in total. The van der Waals surface area contributed by atoms with Crippen LogP contribution in [0.5, 0.6) is 5.75 Å². The van der Waals surface area contributed by atoms with Crippen molar-refractivity contribution in [3.63, 3.8) is 0 Å². The van der Waals surface area contributed by atoms with E-state index in [1.807, 2.05) is 11.0 Å². The van der Waals surface area contributed by atoms with Crippen LogP contribution in [0.3, 0.4) is 0 Å². The van der Waals surface area contributed by atoms with Gasteiger partial charge in [-0.05, 0) is 36.0 Å². The summed E-state index contributed by atoms with van der Waals surface area (Å²) < 4.78 is 0. The van der Waals surface area contributed by atoms with Crippen molar-refractivity contribution in [1.29, 1.82) is 0 Å². The molecule has 0 radical (unpaired) electrons. The third kappa shape index (κ3) is 3.25. The molecule has 2 rings (SSSR count). The standard InChI is InChI=1S/C15H21NO2/c1-11-6-12(2)10-16(9-11)15(18)8-13-4-3-5-14(17)7-13/h3-5,7,11-12,17H,6,8-10H2,1-2H3. The molecule has 3 heteroatoms. The van der Waals surface area contributed by atoms with Gasteiger partial charge < -0.3 is 10.0 Å². The molecule has 2 atom stereocenters. The highest BCUT2D eigenvalue weighted by atomic mass is 16.3. The molecule has 1 amide bonds. The first-order valence-electron chi connectivity index (χ1n) is 6.60. The van der Waals surface area contributed by atoms with Crippen LogP contribution >= 0.6 is 0 Å². The number of benzene rings is 1. The average Bonchev–Trinajstić information content (AvgIpc) is 2.27. The number of carbonyl (C=O) groups is 1. The Morgan fingerprint density at radius 3 is 2.61 bits per heavy atom. The third-order valence-electron chi connectivity index (χ3n) is 3.49. The topological polar surface area (TPSA) is 40.5 Å². The fourth-order valence-electron chi connectivity index (χ4n) is 2.82. The van der Waals surface area contributed by atoms with Crippen LogP contribution in [0.4, 0.5) is 0 Å². The molecule has 0 aromatic heterocycles. The molecule has 1 aromatic carbocycles. The molecule has 0 spiro atoms. The normalized spacial score (nSPS) is 24.0. The van der Waals surface area contributed by atoms with Crippen LogP contribution in [0.2, 0.25) is 0 Å². The van der Waals surface area contributed by atoms with Gasteiger partial charge in [-0.15, -0.1) is 0 Å². The summed E-state index contributed by atoms with van der Waals surface area (Å²) >= 11 is 0. The van der Waals surface area contributed by atoms with Crippen LogP contribution in [-0.2, 0) is 11.2 Å². The molecule has 1 aliphatic heterocycles. The number of hydrogen-bond donors (Lipinski definition) is 1. The quantitative estimate of drug-likeness (QED) is 0.872. The second-order valence-electron chi connectivity index (χ2n) is 5.59. The Kier molecular flexibility index (Phi) is 3.90. The lowest BCUT2D eigenvalue weighted by atomic mass is 9.91. The number of rotatable bonds is 2. The number of likely N-dealkylation sites (tertiary alicyclic amines) is 1. The van der Waals surface area contributed by atoms with Crippen LogP contribution in [-0.4, -0.2) is 29.0 Å². The van der Waals surface area contributed by atoms with E-state index < -0.39 is 0 Å². The average molecular weight is 247 g/mol. The first-order valence-corrected chi connectivity index (χ1v) is 6.60. The van der Waals surface area contributed by atoms with Crippen molar-refractivity contribution >= 4 is 5.91 Å². The molecule has 1 aromatic rings. The van der Waals surface area contributed by atoms with Crippen LogP contribution < -0.4 is 0 Å². The minimum atomic E-state index is 0.166. The van der Waals surface area contributed by atoms with E-state index in [-0.39, 0.29) is 11.7 Å². The fourth-order valence-corrected chi connectivity index (χ4v) is 2.82. The zero-order chi connectivity index (χ0) is 13.1. The van der Waals surface area contributed by atoms with Gasteiger partial charge in [0.15, 0.2) is 0 Å². The first kappa shape index (κ1) is 12.9. The predicted octanol–water partition coefficient (Wildman–Crippen LogP) is 2.44. The molecule has 3 nitrogen and oxygen atoms in total. The number of phenols is 1. The molecule has 0 saturated carbocycles. The van der Waals surface area contributed by atoms with E-state index in [2.05, 4.69) is 13.8 Å². The maximum atomic E-state index is 12.2. The summed E-state index contributed by atoms with van der Waals surface area (Å²) in [5, 5.41) is 9.40. The summed E-state index contributed by atoms with van der Waals surface area (Å²) in [6, 6.07) is 6.95. The summed E-state index contributed by atoms with van der Waals surface area (Å²) in [5.74, 6) is 1.56. The number of hydrogen-bond acceptors (Lipinski definition) is 2. The van der Waals surface area contributed by atoms with Crippen molar-refractivity contribution in [3.05, 3.63) is 29.8 Å². The largest absolute Gasteiger partial charge is 0.508 e. The summed E-state index contributed by atoms with van der Waals surface area (Å²) in [4.78, 5) is 14.2. The molecular weight excluding hydrogens is 226 g/mol. The molecule has 98 valence electrons. The van der Waals surface area contributed by atoms with Gasteiger partial charge in [0, 0.05) is 13.1 Å². The van der Waals surface area contributed by atoms with Gasteiger partial charge in [-0.2, -0.15) is 0 Å².